The van der Waals surface area contributed by atoms with Crippen LogP contribution < -0.4 is 10.6 Å². The van der Waals surface area contributed by atoms with Crippen LogP contribution in [-0.4, -0.2) is 84.8 Å². The van der Waals surface area contributed by atoms with Crippen molar-refractivity contribution in [3.63, 3.8) is 0 Å². The van der Waals surface area contributed by atoms with Crippen molar-refractivity contribution in [1.82, 2.24) is 39.8 Å². The van der Waals surface area contributed by atoms with Crippen LogP contribution in [0.2, 0.25) is 0 Å². The van der Waals surface area contributed by atoms with Gasteiger partial charge < -0.3 is 25.2 Å². The fourth-order valence-corrected chi connectivity index (χ4v) is 5.87. The molecule has 2 saturated heterocycles. The molecule has 1 saturated carbocycles. The minimum absolute atomic E-state index is 0.0353. The first-order chi connectivity index (χ1) is 17.5. The fourth-order valence-electron chi connectivity index (χ4n) is 5.87. The van der Waals surface area contributed by atoms with Crippen LogP contribution in [0.1, 0.15) is 67.0 Å². The van der Waals surface area contributed by atoms with E-state index in [9.17, 15) is 9.90 Å². The first kappa shape index (κ1) is 23.3. The Hall–Kier alpha value is -3.15. The van der Waals surface area contributed by atoms with Crippen molar-refractivity contribution in [3.05, 3.63) is 35.8 Å². The Morgan fingerprint density at radius 1 is 1.14 bits per heavy atom. The molecule has 3 aromatic rings. The maximum atomic E-state index is 12.9. The Labute approximate surface area is 209 Å². The SMILES string of the molecule is CN(C)C(=O)c1cc2cnc(Nc3ccc(C(O)N4CC5CCC(C4)N5)nn3)nc2n1C1CCCC1. The Kier molecular flexibility index (Phi) is 6.06. The number of nitrogens with zero attached hydrogens (tertiary/aromatic N) is 7. The highest BCUT2D eigenvalue weighted by Gasteiger charge is 2.35. The molecule has 0 radical (unpaired) electrons. The Morgan fingerprint density at radius 2 is 1.89 bits per heavy atom. The maximum Gasteiger partial charge on any atom is 0.270 e. The number of piperazine rings is 1. The second-order valence-electron chi connectivity index (χ2n) is 10.4. The van der Waals surface area contributed by atoms with E-state index in [1.54, 1.807) is 37.3 Å². The molecule has 11 nitrogen and oxygen atoms in total. The first-order valence-electron chi connectivity index (χ1n) is 12.8. The number of aliphatic hydroxyl groups excluding tert-OH is 1. The van der Waals surface area contributed by atoms with Gasteiger partial charge in [0.2, 0.25) is 5.95 Å². The van der Waals surface area contributed by atoms with E-state index in [0.29, 0.717) is 35.2 Å². The number of aromatic nitrogens is 5. The number of likely N-dealkylation sites (tertiary alicyclic amines) is 1. The van der Waals surface area contributed by atoms with Crippen molar-refractivity contribution in [2.24, 2.45) is 0 Å². The predicted octanol–water partition coefficient (Wildman–Crippen LogP) is 2.21. The molecule has 6 rings (SSSR count). The zero-order valence-electron chi connectivity index (χ0n) is 20.8. The largest absolute Gasteiger partial charge is 0.372 e. The van der Waals surface area contributed by atoms with E-state index in [1.165, 1.54) is 0 Å². The van der Waals surface area contributed by atoms with E-state index in [1.807, 2.05) is 6.07 Å². The molecule has 3 fully saturated rings. The number of carbonyl (C=O) groups is 1. The molecule has 190 valence electrons. The summed E-state index contributed by atoms with van der Waals surface area (Å²) in [6, 6.07) is 6.60. The van der Waals surface area contributed by atoms with Crippen LogP contribution in [0.15, 0.2) is 24.4 Å². The predicted molar refractivity (Wildman–Crippen MR) is 135 cm³/mol. The topological polar surface area (TPSA) is 124 Å². The number of fused-ring (bicyclic) bond motifs is 3. The normalized spacial score (nSPS) is 23.3. The Morgan fingerprint density at radius 3 is 2.56 bits per heavy atom. The van der Waals surface area contributed by atoms with Gasteiger partial charge in [0.15, 0.2) is 12.0 Å². The molecule has 36 heavy (non-hydrogen) atoms. The van der Waals surface area contributed by atoms with Gasteiger partial charge in [-0.2, -0.15) is 4.98 Å². The third-order valence-electron chi connectivity index (χ3n) is 7.67. The quantitative estimate of drug-likeness (QED) is 0.476. The van der Waals surface area contributed by atoms with Crippen molar-refractivity contribution >= 4 is 28.7 Å². The molecule has 3 aromatic heterocycles. The van der Waals surface area contributed by atoms with Crippen molar-refractivity contribution < 1.29 is 9.90 Å². The highest BCUT2D eigenvalue weighted by Crippen LogP contribution is 2.35. The van der Waals surface area contributed by atoms with Gasteiger partial charge in [-0.15, -0.1) is 10.2 Å². The highest BCUT2D eigenvalue weighted by molar-refractivity contribution is 5.97. The summed E-state index contributed by atoms with van der Waals surface area (Å²) < 4.78 is 2.09. The minimum atomic E-state index is -0.772. The molecular weight excluding hydrogens is 458 g/mol. The monoisotopic (exact) mass is 491 g/mol. The number of carbonyl (C=O) groups excluding carboxylic acids is 1. The zero-order chi connectivity index (χ0) is 24.8. The molecule has 3 aliphatic rings. The average Bonchev–Trinajstić information content (AvgIpc) is 3.61. The summed E-state index contributed by atoms with van der Waals surface area (Å²) in [5, 5.41) is 26.9. The van der Waals surface area contributed by atoms with Crippen LogP contribution in [0.5, 0.6) is 0 Å². The second kappa shape index (κ2) is 9.38. The van der Waals surface area contributed by atoms with Gasteiger partial charge in [-0.25, -0.2) is 4.98 Å². The summed E-state index contributed by atoms with van der Waals surface area (Å²) in [7, 11) is 3.53. The molecule has 3 N–H and O–H groups in total. The van der Waals surface area contributed by atoms with Crippen LogP contribution >= 0.6 is 0 Å². The van der Waals surface area contributed by atoms with E-state index in [0.717, 1.165) is 62.6 Å². The van der Waals surface area contributed by atoms with Gasteiger partial charge in [0.05, 0.1) is 0 Å². The lowest BCUT2D eigenvalue weighted by Crippen LogP contribution is -2.52. The van der Waals surface area contributed by atoms with Crippen LogP contribution in [0.4, 0.5) is 11.8 Å². The van der Waals surface area contributed by atoms with Gasteiger partial charge in [0.1, 0.15) is 17.0 Å². The molecule has 2 bridgehead atoms. The second-order valence-corrected chi connectivity index (χ2v) is 10.4. The van der Waals surface area contributed by atoms with Gasteiger partial charge >= 0.3 is 0 Å². The molecular formula is C25H33N9O2. The number of anilines is 2. The lowest BCUT2D eigenvalue weighted by Gasteiger charge is -2.35. The molecule has 3 atom stereocenters. The van der Waals surface area contributed by atoms with Gasteiger partial charge in [0, 0.05) is 56.9 Å². The number of nitrogens with one attached hydrogen (secondary N) is 2. The van der Waals surface area contributed by atoms with Gasteiger partial charge in [-0.05, 0) is 43.9 Å². The summed E-state index contributed by atoms with van der Waals surface area (Å²) in [6.45, 7) is 1.62. The standard InChI is InChI=1S/C25H33N9O2/c1-32(2)24(36)20-11-15-12-26-25(29-22(15)34(20)18-5-3-4-6-18)28-21-10-9-19(30-31-21)23(35)33-13-16-7-8-17(14-33)27-16/h9-12,16-18,23,27,35H,3-8,13-14H2,1-2H3,(H,26,28,29,31). The van der Waals surface area contributed by atoms with Gasteiger partial charge in [0.25, 0.3) is 5.91 Å². The van der Waals surface area contributed by atoms with E-state index >= 15 is 0 Å². The van der Waals surface area contributed by atoms with Crippen LogP contribution in [-0.2, 0) is 0 Å². The van der Waals surface area contributed by atoms with Crippen LogP contribution in [0.25, 0.3) is 11.0 Å². The van der Waals surface area contributed by atoms with Crippen LogP contribution in [0.3, 0.4) is 0 Å². The van der Waals surface area contributed by atoms with Crippen LogP contribution in [0, 0.1) is 0 Å². The maximum absolute atomic E-state index is 12.9. The number of hydrogen-bond donors (Lipinski definition) is 3. The zero-order valence-corrected chi connectivity index (χ0v) is 20.8. The molecule has 0 aromatic carbocycles. The number of hydrogen-bond acceptors (Lipinski definition) is 9. The Balaban J connectivity index is 1.23. The smallest absolute Gasteiger partial charge is 0.270 e. The highest BCUT2D eigenvalue weighted by atomic mass is 16.3. The lowest BCUT2D eigenvalue weighted by atomic mass is 10.2. The molecule has 3 unspecified atom stereocenters. The van der Waals surface area contributed by atoms with Crippen molar-refractivity contribution in [2.75, 3.05) is 32.5 Å². The van der Waals surface area contributed by atoms with Crippen molar-refractivity contribution in [3.8, 4) is 0 Å². The summed E-state index contributed by atoms with van der Waals surface area (Å²) >= 11 is 0. The number of rotatable bonds is 6. The number of aliphatic hydroxyl groups is 1. The molecule has 1 aliphatic carbocycles. The lowest BCUT2D eigenvalue weighted by molar-refractivity contribution is -0.0207. The molecule has 2 aliphatic heterocycles. The van der Waals surface area contributed by atoms with E-state index in [2.05, 4.69) is 35.3 Å². The van der Waals surface area contributed by atoms with E-state index in [-0.39, 0.29) is 11.9 Å². The van der Waals surface area contributed by atoms with Gasteiger partial charge in [-0.3, -0.25) is 9.69 Å². The molecule has 0 spiro atoms. The molecule has 5 heterocycles. The summed E-state index contributed by atoms with van der Waals surface area (Å²) in [5.41, 5.74) is 1.92. The summed E-state index contributed by atoms with van der Waals surface area (Å²) in [6.07, 6.45) is 7.66. The molecule has 1 amide bonds. The first-order valence-corrected chi connectivity index (χ1v) is 12.8. The molecule has 11 heteroatoms. The minimum Gasteiger partial charge on any atom is -0.372 e. The average molecular weight is 492 g/mol. The van der Waals surface area contributed by atoms with Crippen molar-refractivity contribution in [1.29, 1.82) is 0 Å². The summed E-state index contributed by atoms with van der Waals surface area (Å²) in [5.74, 6) is 0.853. The fraction of sp³-hybridized carbons (Fsp3) is 0.560. The summed E-state index contributed by atoms with van der Waals surface area (Å²) in [4.78, 5) is 25.8. The third kappa shape index (κ3) is 4.31. The number of amides is 1. The van der Waals surface area contributed by atoms with Gasteiger partial charge in [-0.1, -0.05) is 12.8 Å². The third-order valence-corrected chi connectivity index (χ3v) is 7.67. The van der Waals surface area contributed by atoms with E-state index < -0.39 is 6.23 Å². The van der Waals surface area contributed by atoms with Crippen molar-refractivity contribution in [2.45, 2.75) is 62.9 Å². The van der Waals surface area contributed by atoms with E-state index in [4.69, 9.17) is 4.98 Å². The Bertz CT molecular complexity index is 1240.